The van der Waals surface area contributed by atoms with E-state index >= 15 is 0 Å². The largest absolute Gasteiger partial charge is 0.362 e. The average molecular weight is 226 g/mol. The Morgan fingerprint density at radius 1 is 1.67 bits per heavy atom. The van der Waals surface area contributed by atoms with Crippen molar-refractivity contribution in [2.75, 3.05) is 5.75 Å². The van der Waals surface area contributed by atoms with Crippen LogP contribution in [0.25, 0.3) is 0 Å². The second kappa shape index (κ2) is 4.65. The molecule has 1 fully saturated rings. The summed E-state index contributed by atoms with van der Waals surface area (Å²) in [5.41, 5.74) is 0. The Labute approximate surface area is 92.7 Å². The predicted octanol–water partition coefficient (Wildman–Crippen LogP) is 1.35. The number of hydrogen-bond donors (Lipinski definition) is 1. The Bertz CT molecular complexity index is 363. The molecule has 15 heavy (non-hydrogen) atoms. The maximum absolute atomic E-state index is 4.87. The third-order valence-corrected chi connectivity index (χ3v) is 3.05. The molecule has 6 heteroatoms. The van der Waals surface area contributed by atoms with E-state index in [0.29, 0.717) is 24.3 Å². The fraction of sp³-hybridized carbons (Fsp3) is 0.667. The van der Waals surface area contributed by atoms with E-state index in [1.807, 2.05) is 0 Å². The smallest absolute Gasteiger partial charge is 0.223 e. The quantitative estimate of drug-likeness (QED) is 0.824. The van der Waals surface area contributed by atoms with Crippen LogP contribution in [0, 0.1) is 6.92 Å². The van der Waals surface area contributed by atoms with Crippen molar-refractivity contribution in [3.05, 3.63) is 11.7 Å². The Morgan fingerprint density at radius 3 is 3.20 bits per heavy atom. The summed E-state index contributed by atoms with van der Waals surface area (Å²) in [6.07, 6.45) is 1.19. The first-order valence-electron chi connectivity index (χ1n) is 4.97. The van der Waals surface area contributed by atoms with Crippen molar-refractivity contribution in [2.24, 2.45) is 4.99 Å². The lowest BCUT2D eigenvalue weighted by Crippen LogP contribution is -2.35. The first kappa shape index (κ1) is 10.5. The summed E-state index contributed by atoms with van der Waals surface area (Å²) in [5.74, 6) is 2.35. The monoisotopic (exact) mass is 226 g/mol. The van der Waals surface area contributed by atoms with Gasteiger partial charge in [-0.3, -0.25) is 4.99 Å². The molecule has 1 aromatic heterocycles. The van der Waals surface area contributed by atoms with Crippen molar-refractivity contribution in [1.29, 1.82) is 0 Å². The van der Waals surface area contributed by atoms with Crippen LogP contribution in [0.2, 0.25) is 0 Å². The first-order chi connectivity index (χ1) is 7.24. The maximum Gasteiger partial charge on any atom is 0.223 e. The Hall–Kier alpha value is -1.04. The third kappa shape index (κ3) is 2.95. The molecule has 82 valence electrons. The third-order valence-electron chi connectivity index (χ3n) is 2.09. The SMILES string of the molecule is Cc1nc(CN=C2NC(C)CCS2)no1. The Balaban J connectivity index is 1.93. The number of thioether (sulfide) groups is 1. The van der Waals surface area contributed by atoms with E-state index < -0.39 is 0 Å². The molecule has 0 aromatic carbocycles. The van der Waals surface area contributed by atoms with Crippen molar-refractivity contribution >= 4 is 16.9 Å². The van der Waals surface area contributed by atoms with Gasteiger partial charge in [-0.1, -0.05) is 16.9 Å². The molecule has 0 bridgehead atoms. The van der Waals surface area contributed by atoms with Gasteiger partial charge in [0.15, 0.2) is 11.0 Å². The van der Waals surface area contributed by atoms with Crippen LogP contribution >= 0.6 is 11.8 Å². The molecular weight excluding hydrogens is 212 g/mol. The number of aliphatic imine (C=N–C) groups is 1. The molecule has 2 rings (SSSR count). The van der Waals surface area contributed by atoms with Gasteiger partial charge >= 0.3 is 0 Å². The van der Waals surface area contributed by atoms with Gasteiger partial charge < -0.3 is 9.84 Å². The highest BCUT2D eigenvalue weighted by Gasteiger charge is 2.12. The van der Waals surface area contributed by atoms with Crippen molar-refractivity contribution in [1.82, 2.24) is 15.5 Å². The Kier molecular flexibility index (Phi) is 3.25. The topological polar surface area (TPSA) is 63.3 Å². The standard InChI is InChI=1S/C9H14N4OS/c1-6-3-4-15-9(11-6)10-5-8-12-7(2)14-13-8/h6H,3-5H2,1-2H3,(H,10,11). The van der Waals surface area contributed by atoms with Gasteiger partial charge in [0.25, 0.3) is 0 Å². The minimum atomic E-state index is 0.486. The van der Waals surface area contributed by atoms with Crippen LogP contribution in [0.4, 0.5) is 0 Å². The van der Waals surface area contributed by atoms with Gasteiger partial charge in [0.2, 0.25) is 5.89 Å². The second-order valence-electron chi connectivity index (χ2n) is 3.53. The zero-order valence-electron chi connectivity index (χ0n) is 8.86. The number of nitrogens with zero attached hydrogens (tertiary/aromatic N) is 3. The van der Waals surface area contributed by atoms with Crippen molar-refractivity contribution in [3.63, 3.8) is 0 Å². The highest BCUT2D eigenvalue weighted by Crippen LogP contribution is 2.13. The summed E-state index contributed by atoms with van der Waals surface area (Å²) in [6.45, 7) is 4.42. The average Bonchev–Trinajstić information content (AvgIpc) is 2.62. The fourth-order valence-corrected chi connectivity index (χ4v) is 2.40. The van der Waals surface area contributed by atoms with E-state index in [0.717, 1.165) is 10.9 Å². The second-order valence-corrected chi connectivity index (χ2v) is 4.62. The molecule has 5 nitrogen and oxygen atoms in total. The molecule has 0 saturated carbocycles. The molecule has 0 aliphatic carbocycles. The zero-order chi connectivity index (χ0) is 10.7. The van der Waals surface area contributed by atoms with Gasteiger partial charge in [-0.05, 0) is 13.3 Å². The summed E-state index contributed by atoms with van der Waals surface area (Å²) in [4.78, 5) is 8.49. The number of aromatic nitrogens is 2. The van der Waals surface area contributed by atoms with Crippen LogP contribution in [0.3, 0.4) is 0 Å². The van der Waals surface area contributed by atoms with Gasteiger partial charge in [-0.25, -0.2) is 0 Å². The summed E-state index contributed by atoms with van der Waals surface area (Å²) < 4.78 is 4.87. The minimum absolute atomic E-state index is 0.486. The fourth-order valence-electron chi connectivity index (χ4n) is 1.30. The summed E-state index contributed by atoms with van der Waals surface area (Å²) in [6, 6.07) is 0.511. The van der Waals surface area contributed by atoms with Crippen LogP contribution in [0.5, 0.6) is 0 Å². The summed E-state index contributed by atoms with van der Waals surface area (Å²) in [5, 5.41) is 8.09. The van der Waals surface area contributed by atoms with E-state index in [4.69, 9.17) is 4.52 Å². The van der Waals surface area contributed by atoms with Gasteiger partial charge in [-0.2, -0.15) is 4.98 Å². The molecule has 0 spiro atoms. The molecule has 1 aliphatic heterocycles. The van der Waals surface area contributed by atoms with Gasteiger partial charge in [0.05, 0.1) is 0 Å². The van der Waals surface area contributed by atoms with E-state index in [1.54, 1.807) is 18.7 Å². The molecular formula is C9H14N4OS. The molecule has 1 aromatic rings. The van der Waals surface area contributed by atoms with E-state index in [9.17, 15) is 0 Å². The number of amidine groups is 1. The molecule has 2 heterocycles. The summed E-state index contributed by atoms with van der Waals surface area (Å²) in [7, 11) is 0. The van der Waals surface area contributed by atoms with Crippen LogP contribution in [0.15, 0.2) is 9.52 Å². The van der Waals surface area contributed by atoms with Crippen molar-refractivity contribution < 1.29 is 4.52 Å². The Morgan fingerprint density at radius 2 is 2.53 bits per heavy atom. The molecule has 1 atom stereocenters. The normalized spacial score (nSPS) is 24.1. The number of rotatable bonds is 2. The lowest BCUT2D eigenvalue weighted by molar-refractivity contribution is 0.387. The van der Waals surface area contributed by atoms with Crippen molar-refractivity contribution in [3.8, 4) is 0 Å². The molecule has 0 radical (unpaired) electrons. The number of hydrogen-bond acceptors (Lipinski definition) is 5. The summed E-state index contributed by atoms with van der Waals surface area (Å²) >= 11 is 1.75. The van der Waals surface area contributed by atoms with Crippen molar-refractivity contribution in [2.45, 2.75) is 32.9 Å². The number of nitrogens with one attached hydrogen (secondary N) is 1. The lowest BCUT2D eigenvalue weighted by Gasteiger charge is -2.21. The molecule has 0 amide bonds. The van der Waals surface area contributed by atoms with Crippen LogP contribution in [-0.4, -0.2) is 27.1 Å². The lowest BCUT2D eigenvalue weighted by atomic mass is 10.3. The van der Waals surface area contributed by atoms with Crippen LogP contribution in [0.1, 0.15) is 25.1 Å². The zero-order valence-corrected chi connectivity index (χ0v) is 9.67. The predicted molar refractivity (Wildman–Crippen MR) is 59.8 cm³/mol. The van der Waals surface area contributed by atoms with Crippen LogP contribution in [-0.2, 0) is 6.54 Å². The van der Waals surface area contributed by atoms with E-state index in [-0.39, 0.29) is 0 Å². The van der Waals surface area contributed by atoms with E-state index in [2.05, 4.69) is 27.4 Å². The molecule has 1 N–H and O–H groups in total. The molecule has 1 saturated heterocycles. The van der Waals surface area contributed by atoms with Gasteiger partial charge in [0.1, 0.15) is 6.54 Å². The maximum atomic E-state index is 4.87. The highest BCUT2D eigenvalue weighted by atomic mass is 32.2. The van der Waals surface area contributed by atoms with E-state index in [1.165, 1.54) is 6.42 Å². The van der Waals surface area contributed by atoms with Gasteiger partial charge in [0, 0.05) is 18.7 Å². The molecule has 1 unspecified atom stereocenters. The minimum Gasteiger partial charge on any atom is -0.362 e. The first-order valence-corrected chi connectivity index (χ1v) is 5.95. The molecule has 1 aliphatic rings. The number of aryl methyl sites for hydroxylation is 1. The van der Waals surface area contributed by atoms with Crippen LogP contribution < -0.4 is 5.32 Å². The highest BCUT2D eigenvalue weighted by molar-refractivity contribution is 8.13. The van der Waals surface area contributed by atoms with Gasteiger partial charge in [-0.15, -0.1) is 0 Å².